The van der Waals surface area contributed by atoms with Crippen molar-refractivity contribution in [2.24, 2.45) is 40.1 Å². The molecule has 11 nitrogen and oxygen atoms in total. The van der Waals surface area contributed by atoms with Crippen LogP contribution >= 0.6 is 0 Å². The fourth-order valence-corrected chi connectivity index (χ4v) is 8.50. The number of aryl methyl sites for hydroxylation is 1. The van der Waals surface area contributed by atoms with Gasteiger partial charge in [0, 0.05) is 22.8 Å². The molecule has 1 heterocycles. The lowest BCUT2D eigenvalue weighted by molar-refractivity contribution is -0.132. The molecule has 2 amide bonds. The quantitative estimate of drug-likeness (QED) is 0.0748. The second kappa shape index (κ2) is 12.8. The Hall–Kier alpha value is -4.40. The second-order valence-corrected chi connectivity index (χ2v) is 13.5. The number of nitrogens with zero attached hydrogens (tertiary/aromatic N) is 3. The number of allylic oxidation sites excluding steroid dienone is 4. The van der Waals surface area contributed by atoms with E-state index in [9.17, 15) is 14.9 Å². The number of nitriles is 1. The predicted molar refractivity (Wildman–Crippen MR) is 179 cm³/mol. The van der Waals surface area contributed by atoms with Gasteiger partial charge in [0.25, 0.3) is 0 Å². The van der Waals surface area contributed by atoms with Crippen molar-refractivity contribution in [1.29, 1.82) is 5.26 Å². The lowest BCUT2D eigenvalue weighted by Crippen LogP contribution is -2.58. The first-order valence-corrected chi connectivity index (χ1v) is 16.1. The van der Waals surface area contributed by atoms with Crippen LogP contribution in [0.15, 0.2) is 71.0 Å². The van der Waals surface area contributed by atoms with Gasteiger partial charge in [-0.2, -0.15) is 10.4 Å². The SMILES string of the molecule is C=CC1=C(/C=C(\C)C(=C)N)CCc2cc(C(N)=O)ccc2C1(CC1(NCC(=O)N2C(C#N)CC3C(C)C32)CCCC1)/C(=N/N)NN. The molecule has 2 saturated carbocycles. The molecule has 0 aromatic heterocycles. The largest absolute Gasteiger partial charge is 0.399 e. The summed E-state index contributed by atoms with van der Waals surface area (Å²) in [6.45, 7) is 12.4. The zero-order chi connectivity index (χ0) is 33.4. The molecule has 1 aromatic rings. The number of hydrazone groups is 1. The average molecular weight is 626 g/mol. The van der Waals surface area contributed by atoms with Gasteiger partial charge in [-0.25, -0.2) is 5.84 Å². The summed E-state index contributed by atoms with van der Waals surface area (Å²) in [4.78, 5) is 27.9. The summed E-state index contributed by atoms with van der Waals surface area (Å²) < 4.78 is 0. The van der Waals surface area contributed by atoms with Crippen LogP contribution in [0.2, 0.25) is 0 Å². The third-order valence-corrected chi connectivity index (χ3v) is 11.0. The maximum absolute atomic E-state index is 13.8. The summed E-state index contributed by atoms with van der Waals surface area (Å²) in [5.41, 5.74) is 18.3. The number of hydrogen-bond acceptors (Lipinski definition) is 8. The van der Waals surface area contributed by atoms with E-state index in [1.54, 1.807) is 6.07 Å². The highest BCUT2D eigenvalue weighted by atomic mass is 16.2. The number of amides is 2. The Labute approximate surface area is 271 Å². The van der Waals surface area contributed by atoms with Crippen molar-refractivity contribution in [2.45, 2.75) is 88.3 Å². The maximum atomic E-state index is 13.8. The van der Waals surface area contributed by atoms with E-state index in [-0.39, 0.29) is 24.5 Å². The maximum Gasteiger partial charge on any atom is 0.248 e. The van der Waals surface area contributed by atoms with Crippen molar-refractivity contribution < 1.29 is 9.59 Å². The number of primary amides is 1. The van der Waals surface area contributed by atoms with E-state index < -0.39 is 16.9 Å². The number of nitrogens with one attached hydrogen (secondary N) is 2. The van der Waals surface area contributed by atoms with Gasteiger partial charge in [0.05, 0.1) is 18.0 Å². The van der Waals surface area contributed by atoms with E-state index in [0.29, 0.717) is 48.2 Å². The van der Waals surface area contributed by atoms with Gasteiger partial charge in [-0.3, -0.25) is 9.59 Å². The van der Waals surface area contributed by atoms with Gasteiger partial charge in [0.15, 0.2) is 5.84 Å². The molecule has 5 rings (SSSR count). The smallest absolute Gasteiger partial charge is 0.248 e. The van der Waals surface area contributed by atoms with E-state index >= 15 is 0 Å². The summed E-state index contributed by atoms with van der Waals surface area (Å²) in [7, 11) is 0. The lowest BCUT2D eigenvalue weighted by atomic mass is 9.63. The molecule has 0 bridgehead atoms. The highest BCUT2D eigenvalue weighted by Crippen LogP contribution is 2.53. The fourth-order valence-electron chi connectivity index (χ4n) is 8.50. The molecule has 5 atom stereocenters. The summed E-state index contributed by atoms with van der Waals surface area (Å²) in [6, 6.07) is 7.56. The predicted octanol–water partition coefficient (Wildman–Crippen LogP) is 2.66. The number of fused-ring (bicyclic) bond motifs is 2. The van der Waals surface area contributed by atoms with Gasteiger partial charge in [-0.15, -0.1) is 0 Å². The van der Waals surface area contributed by atoms with Gasteiger partial charge in [-0.1, -0.05) is 51.1 Å². The summed E-state index contributed by atoms with van der Waals surface area (Å²) in [6.07, 6.45) is 9.76. The zero-order valence-electron chi connectivity index (χ0n) is 26.9. The first-order valence-electron chi connectivity index (χ1n) is 16.1. The molecular formula is C35H47N9O2. The molecule has 10 N–H and O–H groups in total. The number of hydrogen-bond donors (Lipinski definition) is 6. The Morgan fingerprint density at radius 1 is 1.24 bits per heavy atom. The molecule has 244 valence electrons. The van der Waals surface area contributed by atoms with Crippen LogP contribution in [0, 0.1) is 23.2 Å². The Balaban J connectivity index is 1.65. The molecule has 0 spiro atoms. The molecule has 46 heavy (non-hydrogen) atoms. The van der Waals surface area contributed by atoms with Crippen LogP contribution in [0.4, 0.5) is 0 Å². The standard InChI is InChI=1S/C35H47N9O2/c1-5-28-23(14-20(2)22(4)37)8-9-24-15-25(32(38)46)10-11-29(24)35(28,33(42-39)43-40)19-34(12-6-7-13-34)41-18-30(45)44-26(17-36)16-27-21(3)31(27)44/h5,10-11,14-15,21,26-27,31,41H,1,4,6-9,12-13,16,18-19,37,39-40H2,2-3H3,(H2,38,46)(H,42,43)/b20-14+. The fraction of sp³-hybridized carbons (Fsp3) is 0.486. The third-order valence-electron chi connectivity index (χ3n) is 11.0. The summed E-state index contributed by atoms with van der Waals surface area (Å²) in [5.74, 6) is 12.9. The first-order chi connectivity index (χ1) is 22.0. The number of hydrazine groups is 1. The highest BCUT2D eigenvalue weighted by Gasteiger charge is 2.60. The third kappa shape index (κ3) is 5.60. The Morgan fingerprint density at radius 3 is 2.54 bits per heavy atom. The van der Waals surface area contributed by atoms with E-state index in [0.717, 1.165) is 60.0 Å². The van der Waals surface area contributed by atoms with Crippen molar-refractivity contribution in [3.8, 4) is 6.07 Å². The van der Waals surface area contributed by atoms with Crippen LogP contribution in [0.3, 0.4) is 0 Å². The number of piperidine rings is 1. The summed E-state index contributed by atoms with van der Waals surface area (Å²) in [5, 5.41) is 17.7. The van der Waals surface area contributed by atoms with Crippen LogP contribution in [0.5, 0.6) is 0 Å². The zero-order valence-corrected chi connectivity index (χ0v) is 26.9. The Kier molecular flexibility index (Phi) is 9.16. The van der Waals surface area contributed by atoms with Crippen molar-refractivity contribution in [3.05, 3.63) is 82.6 Å². The monoisotopic (exact) mass is 625 g/mol. The van der Waals surface area contributed by atoms with E-state index in [4.69, 9.17) is 23.2 Å². The van der Waals surface area contributed by atoms with E-state index in [1.165, 1.54) is 0 Å². The molecule has 1 saturated heterocycles. The number of rotatable bonds is 10. The topological polar surface area (TPSA) is 202 Å². The van der Waals surface area contributed by atoms with Crippen molar-refractivity contribution in [3.63, 3.8) is 0 Å². The van der Waals surface area contributed by atoms with Gasteiger partial charge < -0.3 is 33.0 Å². The highest BCUT2D eigenvalue weighted by molar-refractivity contribution is 5.99. The van der Waals surface area contributed by atoms with E-state index in [1.807, 2.05) is 36.1 Å². The van der Waals surface area contributed by atoms with E-state index in [2.05, 4.69) is 42.0 Å². The van der Waals surface area contributed by atoms with Crippen LogP contribution in [0.1, 0.15) is 80.3 Å². The molecular weight excluding hydrogens is 578 g/mol. The van der Waals surface area contributed by atoms with Crippen LogP contribution < -0.4 is 33.9 Å². The first kappa shape index (κ1) is 33.0. The summed E-state index contributed by atoms with van der Waals surface area (Å²) >= 11 is 0. The van der Waals surface area contributed by atoms with Gasteiger partial charge in [0.2, 0.25) is 11.8 Å². The lowest BCUT2D eigenvalue weighted by Gasteiger charge is -2.45. The van der Waals surface area contributed by atoms with Gasteiger partial charge in [0.1, 0.15) is 6.04 Å². The molecule has 3 fully saturated rings. The number of amidine groups is 1. The average Bonchev–Trinajstić information content (AvgIpc) is 3.35. The Morgan fingerprint density at radius 2 is 1.96 bits per heavy atom. The number of likely N-dealkylation sites (tertiary alicyclic amines) is 1. The van der Waals surface area contributed by atoms with Crippen molar-refractivity contribution >= 4 is 17.6 Å². The Bertz CT molecular complexity index is 1580. The minimum absolute atomic E-state index is 0.0547. The minimum Gasteiger partial charge on any atom is -0.399 e. The molecule has 1 aliphatic heterocycles. The number of carbonyl (C=O) groups is 2. The van der Waals surface area contributed by atoms with Crippen LogP contribution in [0.25, 0.3) is 0 Å². The molecule has 11 heteroatoms. The number of nitrogens with two attached hydrogens (primary N) is 4. The number of carbonyl (C=O) groups excluding carboxylic acids is 2. The van der Waals surface area contributed by atoms with Crippen molar-refractivity contribution in [2.75, 3.05) is 6.54 Å². The molecule has 1 aromatic carbocycles. The van der Waals surface area contributed by atoms with Crippen LogP contribution in [-0.4, -0.2) is 46.7 Å². The molecule has 5 unspecified atom stereocenters. The molecule has 4 aliphatic rings. The van der Waals surface area contributed by atoms with Gasteiger partial charge in [-0.05, 0) is 97.3 Å². The molecule has 3 aliphatic carbocycles. The van der Waals surface area contributed by atoms with Crippen LogP contribution in [-0.2, 0) is 16.6 Å². The normalized spacial score (nSPS) is 28.5. The number of benzene rings is 1. The second-order valence-electron chi connectivity index (χ2n) is 13.5. The van der Waals surface area contributed by atoms with Crippen molar-refractivity contribution in [1.82, 2.24) is 15.6 Å². The minimum atomic E-state index is -1.05. The van der Waals surface area contributed by atoms with Gasteiger partial charge >= 0.3 is 0 Å². The molecule has 0 radical (unpaired) electrons.